The van der Waals surface area contributed by atoms with Gasteiger partial charge in [0.15, 0.2) is 0 Å². The standard InChI is InChI=1S/C27H52P2.C12H10N.C5H10.CH4O3S.Fe.Pd/c1-21(29(26(2,3)4)27(5,6)7)24-19-14-20-25(24)28(22-15-10-8-11-16-22)23-17-12-9-13-18-23;13-12-9-5-4-8-11(12)10-6-2-1-3-7-10;1-2-4-5-3-1;1-5(2,3)4;;/h21-25H,8-20H2,1-7H3;1-6,8-9H,13H2;1-5H2;1H3,(H,2,3,4);;/q;-1;;;;. The van der Waals surface area contributed by atoms with Crippen LogP contribution in [0.25, 0.3) is 11.1 Å². The van der Waals surface area contributed by atoms with Crippen LogP contribution in [0, 0.1) is 12.0 Å². The Bertz CT molecular complexity index is 1340. The van der Waals surface area contributed by atoms with E-state index in [1.165, 1.54) is 51.4 Å². The van der Waals surface area contributed by atoms with E-state index in [-0.39, 0.29) is 53.3 Å². The molecule has 0 radical (unpaired) electrons. The summed E-state index contributed by atoms with van der Waals surface area (Å²) >= 11 is 0. The van der Waals surface area contributed by atoms with E-state index in [4.69, 9.17) is 10.3 Å². The Kier molecular flexibility index (Phi) is 24.8. The maximum absolute atomic E-state index is 9.19. The summed E-state index contributed by atoms with van der Waals surface area (Å²) < 4.78 is 25.9. The largest absolute Gasteiger partial charge is 0.406 e. The third-order valence-corrected chi connectivity index (χ3v) is 19.8. The molecule has 3 N–H and O–H groups in total. The number of hydrogen-bond donors (Lipinski definition) is 2. The number of nitrogen functional groups attached to an aromatic ring is 1. The van der Waals surface area contributed by atoms with Gasteiger partial charge in [-0.3, -0.25) is 4.55 Å². The van der Waals surface area contributed by atoms with E-state index in [0.29, 0.717) is 16.6 Å². The number of hydrogen-bond acceptors (Lipinski definition) is 3. The van der Waals surface area contributed by atoms with E-state index < -0.39 is 10.1 Å². The molecular formula is C45H76FeNO3P2PdS-. The van der Waals surface area contributed by atoms with Gasteiger partial charge in [0.05, 0.1) is 6.26 Å². The molecule has 6 rings (SSSR count). The molecule has 2 aromatic carbocycles. The Hall–Kier alpha value is 0.192. The zero-order chi connectivity index (χ0) is 38.4. The van der Waals surface area contributed by atoms with Crippen LogP contribution in [0.15, 0.2) is 48.5 Å². The summed E-state index contributed by atoms with van der Waals surface area (Å²) in [5.41, 5.74) is 13.0. The molecule has 3 atom stereocenters. The molecule has 4 aliphatic carbocycles. The fourth-order valence-electron chi connectivity index (χ4n) is 10.1. The molecule has 0 heterocycles. The first-order valence-corrected chi connectivity index (χ1v) is 25.6. The van der Waals surface area contributed by atoms with E-state index in [0.717, 1.165) is 45.4 Å². The molecule has 314 valence electrons. The van der Waals surface area contributed by atoms with Gasteiger partial charge in [-0.05, 0) is 89.1 Å². The van der Waals surface area contributed by atoms with Crippen molar-refractivity contribution in [2.45, 2.75) is 197 Å². The molecular weight excluding hydrogens is 859 g/mol. The number of nitrogens with two attached hydrogens (primary N) is 1. The first-order chi connectivity index (χ1) is 24.5. The number of rotatable bonds is 6. The van der Waals surface area contributed by atoms with Gasteiger partial charge in [0, 0.05) is 37.5 Å². The molecule has 2 aromatic rings. The van der Waals surface area contributed by atoms with E-state index in [2.05, 4.69) is 54.5 Å². The first-order valence-electron chi connectivity index (χ1n) is 20.8. The maximum atomic E-state index is 9.19. The second-order valence-corrected chi connectivity index (χ2v) is 26.7. The summed E-state index contributed by atoms with van der Waals surface area (Å²) in [6, 6.07) is 18.8. The van der Waals surface area contributed by atoms with Crippen molar-refractivity contribution in [2.24, 2.45) is 5.92 Å². The summed E-state index contributed by atoms with van der Waals surface area (Å²) in [6.07, 6.45) is 28.5. The monoisotopic (exact) mass is 934 g/mol. The molecule has 4 aliphatic rings. The molecule has 4 saturated carbocycles. The molecule has 9 heteroatoms. The van der Waals surface area contributed by atoms with Crippen molar-refractivity contribution in [3.05, 3.63) is 54.6 Å². The zero-order valence-electron chi connectivity index (χ0n) is 35.0. The van der Waals surface area contributed by atoms with Crippen LogP contribution >= 0.6 is 15.8 Å². The molecule has 0 aromatic heterocycles. The van der Waals surface area contributed by atoms with Gasteiger partial charge in [-0.15, -0.1) is 35.9 Å². The van der Waals surface area contributed by atoms with Crippen molar-refractivity contribution >= 4 is 31.6 Å². The fraction of sp³-hybridized carbons (Fsp3) is 0.733. The summed E-state index contributed by atoms with van der Waals surface area (Å²) in [7, 11) is -3.41. The fourth-order valence-corrected chi connectivity index (χ4v) is 20.4. The van der Waals surface area contributed by atoms with Crippen molar-refractivity contribution in [1.29, 1.82) is 0 Å². The Morgan fingerprint density at radius 1 is 0.704 bits per heavy atom. The number of anilines is 1. The molecule has 0 aliphatic heterocycles. The summed E-state index contributed by atoms with van der Waals surface area (Å²) in [5.74, 6) is 1.04. The van der Waals surface area contributed by atoms with Crippen molar-refractivity contribution in [3.8, 4) is 11.1 Å². The number of para-hydroxylation sites is 1. The van der Waals surface area contributed by atoms with Crippen LogP contribution in [0.5, 0.6) is 0 Å². The molecule has 0 saturated heterocycles. The van der Waals surface area contributed by atoms with Crippen LogP contribution in [0.3, 0.4) is 0 Å². The van der Waals surface area contributed by atoms with Crippen LogP contribution in [0.4, 0.5) is 5.69 Å². The van der Waals surface area contributed by atoms with Crippen LogP contribution < -0.4 is 5.73 Å². The van der Waals surface area contributed by atoms with E-state index >= 15 is 0 Å². The molecule has 4 fully saturated rings. The van der Waals surface area contributed by atoms with Gasteiger partial charge in [0.25, 0.3) is 10.1 Å². The third-order valence-electron chi connectivity index (χ3n) is 11.6. The van der Waals surface area contributed by atoms with Crippen LogP contribution in [-0.2, 0) is 47.6 Å². The van der Waals surface area contributed by atoms with Gasteiger partial charge >= 0.3 is 0 Å². The molecule has 0 amide bonds. The topological polar surface area (TPSA) is 80.4 Å². The molecule has 0 bridgehead atoms. The van der Waals surface area contributed by atoms with Gasteiger partial charge in [0.2, 0.25) is 0 Å². The molecule has 54 heavy (non-hydrogen) atoms. The predicted octanol–water partition coefficient (Wildman–Crippen LogP) is 14.0. The van der Waals surface area contributed by atoms with Crippen molar-refractivity contribution in [3.63, 3.8) is 0 Å². The van der Waals surface area contributed by atoms with Gasteiger partial charge in [-0.1, -0.05) is 165 Å². The SMILES string of the molecule is C1CCCC1.CC(C1CCCC1P(C1CCCCC1)C1CCCCC1)P(C(C)(C)C)C(C)(C)C.CS(=O)(=O)O.Nc1ccccc1-c1[c-]cccc1.[Fe].[Pd]. The smallest absolute Gasteiger partial charge is 0.261 e. The Balaban J connectivity index is 0.000000477. The second kappa shape index (κ2) is 25.6. The predicted molar refractivity (Wildman–Crippen MR) is 233 cm³/mol. The van der Waals surface area contributed by atoms with Gasteiger partial charge < -0.3 is 5.73 Å². The van der Waals surface area contributed by atoms with Crippen molar-refractivity contribution in [1.82, 2.24) is 0 Å². The molecule has 3 unspecified atom stereocenters. The van der Waals surface area contributed by atoms with Crippen LogP contribution in [-0.4, -0.2) is 52.2 Å². The average molecular weight is 935 g/mol. The Labute approximate surface area is 360 Å². The van der Waals surface area contributed by atoms with Gasteiger partial charge in [-0.2, -0.15) is 8.42 Å². The van der Waals surface area contributed by atoms with Crippen molar-refractivity contribution < 1.29 is 50.5 Å². The minimum atomic E-state index is -3.67. The van der Waals surface area contributed by atoms with Crippen LogP contribution in [0.2, 0.25) is 0 Å². The first kappa shape index (κ1) is 52.2. The minimum absolute atomic E-state index is 0. The summed E-state index contributed by atoms with van der Waals surface area (Å²) in [4.78, 5) is 0. The van der Waals surface area contributed by atoms with E-state index in [9.17, 15) is 8.42 Å². The van der Waals surface area contributed by atoms with E-state index in [1.807, 2.05) is 48.5 Å². The summed E-state index contributed by atoms with van der Waals surface area (Å²) in [6.45, 7) is 18.0. The van der Waals surface area contributed by atoms with Crippen LogP contribution in [0.1, 0.15) is 164 Å². The average Bonchev–Trinajstić information content (AvgIpc) is 3.82. The molecule has 4 nitrogen and oxygen atoms in total. The maximum Gasteiger partial charge on any atom is 0.261 e. The third kappa shape index (κ3) is 18.4. The second-order valence-electron chi connectivity index (χ2n) is 18.0. The minimum Gasteiger partial charge on any atom is -0.406 e. The number of benzene rings is 2. The Morgan fingerprint density at radius 3 is 1.54 bits per heavy atom. The van der Waals surface area contributed by atoms with Gasteiger partial charge in [0.1, 0.15) is 0 Å². The molecule has 0 spiro atoms. The normalized spacial score (nSPS) is 21.6. The van der Waals surface area contributed by atoms with Crippen molar-refractivity contribution in [2.75, 3.05) is 12.0 Å². The van der Waals surface area contributed by atoms with Gasteiger partial charge in [-0.25, -0.2) is 0 Å². The van der Waals surface area contributed by atoms with E-state index in [1.54, 1.807) is 64.2 Å². The Morgan fingerprint density at radius 2 is 1.13 bits per heavy atom. The summed E-state index contributed by atoms with van der Waals surface area (Å²) in [5, 5.41) is 0.942. The quantitative estimate of drug-likeness (QED) is 0.0994. The zero-order valence-corrected chi connectivity index (χ0v) is 40.3.